The number of anilines is 1. The quantitative estimate of drug-likeness (QED) is 0.747. The van der Waals surface area contributed by atoms with E-state index < -0.39 is 0 Å². The number of nitrogens with zero attached hydrogens (tertiary/aromatic N) is 2. The van der Waals surface area contributed by atoms with Crippen molar-refractivity contribution in [3.63, 3.8) is 0 Å². The van der Waals surface area contributed by atoms with Gasteiger partial charge in [0.15, 0.2) is 0 Å². The fourth-order valence-corrected chi connectivity index (χ4v) is 3.89. The van der Waals surface area contributed by atoms with E-state index in [0.717, 1.165) is 5.82 Å². The lowest BCUT2D eigenvalue weighted by atomic mass is 9.68. The summed E-state index contributed by atoms with van der Waals surface area (Å²) in [5.41, 5.74) is 1.84. The first kappa shape index (κ1) is 13.2. The molecule has 2 aliphatic rings. The molecule has 2 heterocycles. The third-order valence-corrected chi connectivity index (χ3v) is 5.34. The highest BCUT2D eigenvalue weighted by atomic mass is 35.5. The average molecular weight is 279 g/mol. The first-order valence-electron chi connectivity index (χ1n) is 7.57. The second-order valence-corrected chi connectivity index (χ2v) is 6.47. The van der Waals surface area contributed by atoms with Crippen LogP contribution in [0.2, 0.25) is 0 Å². The van der Waals surface area contributed by atoms with Crippen molar-refractivity contribution in [3.05, 3.63) is 23.9 Å². The molecule has 1 spiro atoms. The van der Waals surface area contributed by atoms with Gasteiger partial charge in [-0.2, -0.15) is 0 Å². The van der Waals surface area contributed by atoms with Gasteiger partial charge in [0, 0.05) is 25.2 Å². The zero-order valence-electron chi connectivity index (χ0n) is 11.6. The van der Waals surface area contributed by atoms with Gasteiger partial charge in [-0.15, -0.1) is 11.6 Å². The molecule has 2 fully saturated rings. The first-order chi connectivity index (χ1) is 9.31. The van der Waals surface area contributed by atoms with Gasteiger partial charge in [-0.1, -0.05) is 19.3 Å². The van der Waals surface area contributed by atoms with Crippen molar-refractivity contribution >= 4 is 17.4 Å². The van der Waals surface area contributed by atoms with Crippen LogP contribution in [0.3, 0.4) is 0 Å². The Hall–Kier alpha value is -0.760. The smallest absolute Gasteiger partial charge is 0.128 e. The van der Waals surface area contributed by atoms with E-state index >= 15 is 0 Å². The number of halogens is 1. The van der Waals surface area contributed by atoms with Gasteiger partial charge in [-0.3, -0.25) is 0 Å². The molecule has 0 atom stereocenters. The number of rotatable bonds is 2. The maximum absolute atomic E-state index is 5.91. The molecule has 0 amide bonds. The molecule has 0 unspecified atom stereocenters. The highest BCUT2D eigenvalue weighted by molar-refractivity contribution is 6.17. The van der Waals surface area contributed by atoms with Gasteiger partial charge >= 0.3 is 0 Å². The fraction of sp³-hybridized carbons (Fsp3) is 0.688. The van der Waals surface area contributed by atoms with Crippen molar-refractivity contribution in [2.45, 2.75) is 50.8 Å². The Morgan fingerprint density at radius 3 is 2.53 bits per heavy atom. The van der Waals surface area contributed by atoms with Crippen molar-refractivity contribution in [3.8, 4) is 0 Å². The molecular weight excluding hydrogens is 256 g/mol. The van der Waals surface area contributed by atoms with Gasteiger partial charge in [0.1, 0.15) is 5.82 Å². The lowest BCUT2D eigenvalue weighted by Crippen LogP contribution is -2.41. The van der Waals surface area contributed by atoms with Crippen molar-refractivity contribution in [2.75, 3.05) is 18.0 Å². The predicted octanol–water partition coefficient (Wildman–Crippen LogP) is 4.37. The van der Waals surface area contributed by atoms with E-state index in [1.165, 1.54) is 63.6 Å². The summed E-state index contributed by atoms with van der Waals surface area (Å²) in [6.07, 6.45) is 11.8. The van der Waals surface area contributed by atoms with Crippen LogP contribution in [0.15, 0.2) is 18.3 Å². The normalized spacial score (nSPS) is 22.7. The SMILES string of the molecule is ClCc1ccnc(N2CCC3(CCCCC3)CC2)c1. The van der Waals surface area contributed by atoms with Gasteiger partial charge in [-0.05, 0) is 48.8 Å². The Kier molecular flexibility index (Phi) is 3.97. The Labute approximate surface area is 121 Å². The third kappa shape index (κ3) is 2.89. The van der Waals surface area contributed by atoms with Crippen molar-refractivity contribution < 1.29 is 0 Å². The number of aromatic nitrogens is 1. The molecule has 2 nitrogen and oxygen atoms in total. The summed E-state index contributed by atoms with van der Waals surface area (Å²) in [5.74, 6) is 1.69. The fourth-order valence-electron chi connectivity index (χ4n) is 3.73. The highest BCUT2D eigenvalue weighted by Crippen LogP contribution is 2.44. The number of hydrogen-bond donors (Lipinski definition) is 0. The monoisotopic (exact) mass is 278 g/mol. The maximum atomic E-state index is 5.91. The Morgan fingerprint density at radius 2 is 1.84 bits per heavy atom. The largest absolute Gasteiger partial charge is 0.357 e. The van der Waals surface area contributed by atoms with Crippen LogP contribution in [0.1, 0.15) is 50.5 Å². The molecule has 1 aromatic heterocycles. The minimum atomic E-state index is 0.577. The van der Waals surface area contributed by atoms with E-state index in [9.17, 15) is 0 Å². The van der Waals surface area contributed by atoms with Crippen LogP contribution in [-0.4, -0.2) is 18.1 Å². The first-order valence-corrected chi connectivity index (χ1v) is 8.11. The van der Waals surface area contributed by atoms with E-state index in [1.54, 1.807) is 0 Å². The molecule has 1 aromatic rings. The zero-order valence-corrected chi connectivity index (χ0v) is 12.3. The van der Waals surface area contributed by atoms with Crippen LogP contribution in [0.5, 0.6) is 0 Å². The summed E-state index contributed by atoms with van der Waals surface area (Å²) in [4.78, 5) is 6.95. The van der Waals surface area contributed by atoms with Crippen LogP contribution in [-0.2, 0) is 5.88 Å². The molecule has 0 N–H and O–H groups in total. The summed E-state index contributed by atoms with van der Waals surface area (Å²) in [6, 6.07) is 4.15. The molecule has 3 heteroatoms. The van der Waals surface area contributed by atoms with Crippen LogP contribution >= 0.6 is 11.6 Å². The molecule has 1 saturated carbocycles. The van der Waals surface area contributed by atoms with Crippen LogP contribution < -0.4 is 4.90 Å². The minimum Gasteiger partial charge on any atom is -0.357 e. The standard InChI is InChI=1S/C16H23ClN2/c17-13-14-4-9-18-15(12-14)19-10-7-16(8-11-19)5-2-1-3-6-16/h4,9,12H,1-3,5-8,10-11,13H2. The van der Waals surface area contributed by atoms with Crippen molar-refractivity contribution in [1.82, 2.24) is 4.98 Å². The topological polar surface area (TPSA) is 16.1 Å². The van der Waals surface area contributed by atoms with Gasteiger partial charge in [0.25, 0.3) is 0 Å². The molecule has 0 radical (unpaired) electrons. The zero-order chi connectivity index (χ0) is 13.1. The summed E-state index contributed by atoms with van der Waals surface area (Å²) in [6.45, 7) is 2.33. The lowest BCUT2D eigenvalue weighted by Gasteiger charge is -2.44. The predicted molar refractivity (Wildman–Crippen MR) is 80.8 cm³/mol. The summed E-state index contributed by atoms with van der Waals surface area (Å²) < 4.78 is 0. The number of alkyl halides is 1. The molecule has 0 aromatic carbocycles. The van der Waals surface area contributed by atoms with Crippen LogP contribution in [0, 0.1) is 5.41 Å². The van der Waals surface area contributed by atoms with Crippen molar-refractivity contribution in [1.29, 1.82) is 0 Å². The van der Waals surface area contributed by atoms with Crippen LogP contribution in [0.25, 0.3) is 0 Å². The molecular formula is C16H23ClN2. The number of piperidine rings is 1. The molecule has 3 rings (SSSR count). The van der Waals surface area contributed by atoms with E-state index in [-0.39, 0.29) is 0 Å². The van der Waals surface area contributed by atoms with Gasteiger partial charge in [-0.25, -0.2) is 4.98 Å². The molecule has 1 aliphatic heterocycles. The molecule has 104 valence electrons. The van der Waals surface area contributed by atoms with Gasteiger partial charge < -0.3 is 4.90 Å². The van der Waals surface area contributed by atoms with E-state index in [0.29, 0.717) is 11.3 Å². The Balaban J connectivity index is 1.65. The van der Waals surface area contributed by atoms with Crippen molar-refractivity contribution in [2.24, 2.45) is 5.41 Å². The minimum absolute atomic E-state index is 0.577. The second kappa shape index (κ2) is 5.70. The van der Waals surface area contributed by atoms with E-state index in [4.69, 9.17) is 11.6 Å². The summed E-state index contributed by atoms with van der Waals surface area (Å²) in [7, 11) is 0. The van der Waals surface area contributed by atoms with E-state index in [1.807, 2.05) is 12.3 Å². The molecule has 0 bridgehead atoms. The maximum Gasteiger partial charge on any atom is 0.128 e. The Morgan fingerprint density at radius 1 is 1.11 bits per heavy atom. The summed E-state index contributed by atoms with van der Waals surface area (Å²) >= 11 is 5.91. The lowest BCUT2D eigenvalue weighted by molar-refractivity contribution is 0.144. The Bertz CT molecular complexity index is 417. The number of hydrogen-bond acceptors (Lipinski definition) is 2. The van der Waals surface area contributed by atoms with E-state index in [2.05, 4.69) is 16.0 Å². The highest BCUT2D eigenvalue weighted by Gasteiger charge is 2.35. The van der Waals surface area contributed by atoms with Gasteiger partial charge in [0.05, 0.1) is 0 Å². The van der Waals surface area contributed by atoms with Crippen LogP contribution in [0.4, 0.5) is 5.82 Å². The molecule has 1 saturated heterocycles. The summed E-state index contributed by atoms with van der Waals surface area (Å²) in [5, 5.41) is 0. The second-order valence-electron chi connectivity index (χ2n) is 6.20. The average Bonchev–Trinajstić information content (AvgIpc) is 2.49. The number of pyridine rings is 1. The van der Waals surface area contributed by atoms with Gasteiger partial charge in [0.2, 0.25) is 0 Å². The molecule has 1 aliphatic carbocycles. The third-order valence-electron chi connectivity index (χ3n) is 5.03. The molecule has 19 heavy (non-hydrogen) atoms.